The average molecular weight is 232 g/mol. The Kier molecular flexibility index (Phi) is 3.20. The molecule has 17 heavy (non-hydrogen) atoms. The second-order valence-electron chi connectivity index (χ2n) is 5.08. The van der Waals surface area contributed by atoms with Gasteiger partial charge >= 0.3 is 0 Å². The Morgan fingerprint density at radius 3 is 2.76 bits per heavy atom. The smallest absolute Gasteiger partial charge is 0.242 e. The van der Waals surface area contributed by atoms with Crippen molar-refractivity contribution in [2.24, 2.45) is 5.73 Å². The molecular weight excluding hydrogens is 212 g/mol. The van der Waals surface area contributed by atoms with E-state index in [9.17, 15) is 4.79 Å². The van der Waals surface area contributed by atoms with Gasteiger partial charge in [-0.05, 0) is 44.2 Å². The van der Waals surface area contributed by atoms with Gasteiger partial charge in [-0.1, -0.05) is 24.3 Å². The van der Waals surface area contributed by atoms with Gasteiger partial charge in [0.05, 0.1) is 0 Å². The number of rotatable bonds is 3. The first kappa shape index (κ1) is 12.1. The fraction of sp³-hybridized carbons (Fsp3) is 0.500. The van der Waals surface area contributed by atoms with Crippen LogP contribution in [0.2, 0.25) is 0 Å². The first-order valence-electron chi connectivity index (χ1n) is 6.22. The summed E-state index contributed by atoms with van der Waals surface area (Å²) in [4.78, 5) is 11.9. The van der Waals surface area contributed by atoms with E-state index in [2.05, 4.69) is 11.4 Å². The van der Waals surface area contributed by atoms with Gasteiger partial charge in [-0.2, -0.15) is 0 Å². The minimum absolute atomic E-state index is 0.230. The van der Waals surface area contributed by atoms with Gasteiger partial charge in [0.2, 0.25) is 5.91 Å². The number of carbonyl (C=O) groups excluding carboxylic acids is 1. The molecule has 0 aliphatic heterocycles. The largest absolute Gasteiger partial charge is 0.368 e. The maximum atomic E-state index is 11.9. The summed E-state index contributed by atoms with van der Waals surface area (Å²) in [5, 5.41) is 3.38. The molecule has 1 atom stereocenters. The molecule has 1 aromatic rings. The first-order valence-corrected chi connectivity index (χ1v) is 6.22. The van der Waals surface area contributed by atoms with Crippen LogP contribution in [0, 0.1) is 0 Å². The van der Waals surface area contributed by atoms with Crippen molar-refractivity contribution in [1.82, 2.24) is 5.32 Å². The molecule has 0 saturated heterocycles. The van der Waals surface area contributed by atoms with E-state index in [4.69, 9.17) is 5.73 Å². The lowest BCUT2D eigenvalue weighted by molar-refractivity contribution is -0.125. The van der Waals surface area contributed by atoms with Gasteiger partial charge in [0, 0.05) is 6.04 Å². The predicted molar refractivity (Wildman–Crippen MR) is 68.5 cm³/mol. The van der Waals surface area contributed by atoms with Crippen molar-refractivity contribution >= 4 is 5.91 Å². The van der Waals surface area contributed by atoms with Gasteiger partial charge in [0.25, 0.3) is 0 Å². The van der Waals surface area contributed by atoms with Gasteiger partial charge in [0.15, 0.2) is 0 Å². The molecule has 0 aromatic heterocycles. The van der Waals surface area contributed by atoms with Crippen LogP contribution >= 0.6 is 0 Å². The van der Waals surface area contributed by atoms with E-state index in [1.165, 1.54) is 5.56 Å². The van der Waals surface area contributed by atoms with Crippen LogP contribution in [0.1, 0.15) is 37.8 Å². The Labute approximate surface area is 102 Å². The lowest BCUT2D eigenvalue weighted by Crippen LogP contribution is -2.56. The van der Waals surface area contributed by atoms with Crippen LogP contribution in [0.3, 0.4) is 0 Å². The highest BCUT2D eigenvalue weighted by Crippen LogP contribution is 2.35. The van der Waals surface area contributed by atoms with Crippen LogP contribution in [0.15, 0.2) is 24.3 Å². The lowest BCUT2D eigenvalue weighted by atomic mass is 9.75. The lowest BCUT2D eigenvalue weighted by Gasteiger charge is -2.38. The molecule has 1 aromatic carbocycles. The Morgan fingerprint density at radius 1 is 1.41 bits per heavy atom. The maximum Gasteiger partial charge on any atom is 0.242 e. The van der Waals surface area contributed by atoms with Gasteiger partial charge < -0.3 is 5.73 Å². The number of nitrogens with one attached hydrogen (secondary N) is 1. The molecule has 1 unspecified atom stereocenters. The summed E-state index contributed by atoms with van der Waals surface area (Å²) in [5.41, 5.74) is 7.29. The third kappa shape index (κ3) is 2.07. The number of benzene rings is 1. The van der Waals surface area contributed by atoms with Gasteiger partial charge in [0.1, 0.15) is 5.54 Å². The van der Waals surface area contributed by atoms with Gasteiger partial charge in [-0.25, -0.2) is 0 Å². The molecule has 0 bridgehead atoms. The number of fused-ring (bicyclic) bond motifs is 1. The quantitative estimate of drug-likeness (QED) is 0.833. The van der Waals surface area contributed by atoms with E-state index >= 15 is 0 Å². The molecule has 3 nitrogen and oxygen atoms in total. The summed E-state index contributed by atoms with van der Waals surface area (Å²) in [5.74, 6) is -0.265. The molecule has 3 N–H and O–H groups in total. The minimum Gasteiger partial charge on any atom is -0.368 e. The number of amides is 1. The normalized spacial score (nSPS) is 23.5. The number of hydrogen-bond donors (Lipinski definition) is 2. The Bertz CT molecular complexity index is 428. The van der Waals surface area contributed by atoms with E-state index < -0.39 is 5.54 Å². The zero-order valence-electron chi connectivity index (χ0n) is 10.5. The van der Waals surface area contributed by atoms with Crippen molar-refractivity contribution < 1.29 is 4.79 Å². The van der Waals surface area contributed by atoms with E-state index in [1.807, 2.05) is 32.0 Å². The van der Waals surface area contributed by atoms with Gasteiger partial charge in [-0.15, -0.1) is 0 Å². The maximum absolute atomic E-state index is 11.9. The van der Waals surface area contributed by atoms with E-state index in [-0.39, 0.29) is 11.9 Å². The molecule has 1 aliphatic carbocycles. The van der Waals surface area contributed by atoms with E-state index in [1.54, 1.807) is 0 Å². The van der Waals surface area contributed by atoms with Crippen LogP contribution in [0.5, 0.6) is 0 Å². The molecular formula is C14H20N2O. The second-order valence-corrected chi connectivity index (χ2v) is 5.08. The summed E-state index contributed by atoms with van der Waals surface area (Å²) in [6, 6.07) is 8.34. The predicted octanol–water partition coefficient (Wildman–Crippen LogP) is 1.70. The molecule has 1 amide bonds. The molecule has 0 heterocycles. The summed E-state index contributed by atoms with van der Waals surface area (Å²) in [6.45, 7) is 4.09. The van der Waals surface area contributed by atoms with Crippen molar-refractivity contribution in [2.75, 3.05) is 0 Å². The molecule has 0 spiro atoms. The highest BCUT2D eigenvalue weighted by Gasteiger charge is 2.41. The minimum atomic E-state index is -0.678. The summed E-state index contributed by atoms with van der Waals surface area (Å²) >= 11 is 0. The van der Waals surface area contributed by atoms with Gasteiger partial charge in [-0.3, -0.25) is 10.1 Å². The van der Waals surface area contributed by atoms with E-state index in [0.29, 0.717) is 0 Å². The van der Waals surface area contributed by atoms with Crippen molar-refractivity contribution in [3.05, 3.63) is 35.4 Å². The summed E-state index contributed by atoms with van der Waals surface area (Å²) in [7, 11) is 0. The standard InChI is InChI=1S/C14H20N2O/c1-10(2)16-14(13(15)17)9-5-7-11-6-3-4-8-12(11)14/h3-4,6,8,10,16H,5,7,9H2,1-2H3,(H2,15,17). The highest BCUT2D eigenvalue weighted by atomic mass is 16.1. The monoisotopic (exact) mass is 232 g/mol. The zero-order valence-corrected chi connectivity index (χ0v) is 10.5. The van der Waals surface area contributed by atoms with Crippen LogP contribution in [-0.2, 0) is 16.8 Å². The molecule has 3 heteroatoms. The molecule has 0 fully saturated rings. The Hall–Kier alpha value is -1.35. The second kappa shape index (κ2) is 4.49. The molecule has 0 radical (unpaired) electrons. The number of aryl methyl sites for hydroxylation is 1. The fourth-order valence-corrected chi connectivity index (χ4v) is 2.80. The Balaban J connectivity index is 2.51. The fourth-order valence-electron chi connectivity index (χ4n) is 2.80. The van der Waals surface area contributed by atoms with Crippen molar-refractivity contribution in [1.29, 1.82) is 0 Å². The molecule has 92 valence electrons. The number of carbonyl (C=O) groups is 1. The van der Waals surface area contributed by atoms with Crippen LogP contribution < -0.4 is 11.1 Å². The topological polar surface area (TPSA) is 55.1 Å². The first-order chi connectivity index (χ1) is 8.06. The van der Waals surface area contributed by atoms with Crippen molar-refractivity contribution in [3.63, 3.8) is 0 Å². The Morgan fingerprint density at radius 2 is 2.12 bits per heavy atom. The molecule has 1 aliphatic rings. The third-order valence-corrected chi connectivity index (χ3v) is 3.43. The molecule has 2 rings (SSSR count). The average Bonchev–Trinajstić information content (AvgIpc) is 2.28. The van der Waals surface area contributed by atoms with E-state index in [0.717, 1.165) is 24.8 Å². The van der Waals surface area contributed by atoms with Crippen LogP contribution in [0.25, 0.3) is 0 Å². The SMILES string of the molecule is CC(C)NC1(C(N)=O)CCCc2ccccc21. The third-order valence-electron chi connectivity index (χ3n) is 3.43. The number of nitrogens with two attached hydrogens (primary N) is 1. The number of hydrogen-bond acceptors (Lipinski definition) is 2. The van der Waals surface area contributed by atoms with Crippen molar-refractivity contribution in [2.45, 2.75) is 44.7 Å². The summed E-state index contributed by atoms with van der Waals surface area (Å²) in [6.07, 6.45) is 2.82. The van der Waals surface area contributed by atoms with Crippen LogP contribution in [0.4, 0.5) is 0 Å². The molecule has 0 saturated carbocycles. The zero-order chi connectivity index (χ0) is 12.5. The highest BCUT2D eigenvalue weighted by molar-refractivity contribution is 5.87. The number of primary amides is 1. The van der Waals surface area contributed by atoms with Crippen LogP contribution in [-0.4, -0.2) is 11.9 Å². The van der Waals surface area contributed by atoms with Crippen molar-refractivity contribution in [3.8, 4) is 0 Å². The summed E-state index contributed by atoms with van der Waals surface area (Å²) < 4.78 is 0.